The minimum absolute atomic E-state index is 0.0595. The first-order valence-electron chi connectivity index (χ1n) is 9.18. The van der Waals surface area contributed by atoms with Gasteiger partial charge in [0.15, 0.2) is 0 Å². The van der Waals surface area contributed by atoms with Crippen LogP contribution in [-0.2, 0) is 4.79 Å². The van der Waals surface area contributed by atoms with Crippen LogP contribution in [0, 0.1) is 33.3 Å². The van der Waals surface area contributed by atoms with Gasteiger partial charge >= 0.3 is 0 Å². The van der Waals surface area contributed by atoms with Crippen LogP contribution < -0.4 is 5.43 Å². The first-order valence-corrected chi connectivity index (χ1v) is 9.56. The van der Waals surface area contributed by atoms with E-state index in [4.69, 9.17) is 11.6 Å². The Hall–Kier alpha value is -1.95. The fraction of sp³-hybridized carbons (Fsp3) is 0.579. The standard InChI is InChI=1S/C19H22ClN3O3/c20-17-2-1-16(23(25)26)6-15(17)11-21-22-18(24)10-19-7-12-3-13(8-19)5-14(4-12)9-19/h1-2,6,11-14H,3-5,7-10H2,(H,22,24)/b21-11-. The Morgan fingerprint density at radius 2 is 1.88 bits per heavy atom. The molecular formula is C19H22ClN3O3. The normalized spacial score (nSPS) is 32.1. The lowest BCUT2D eigenvalue weighted by Crippen LogP contribution is -2.47. The van der Waals surface area contributed by atoms with E-state index in [9.17, 15) is 14.9 Å². The van der Waals surface area contributed by atoms with E-state index in [0.29, 0.717) is 17.0 Å². The number of amides is 1. The number of rotatable bonds is 5. The number of hydrazone groups is 1. The summed E-state index contributed by atoms with van der Waals surface area (Å²) in [7, 11) is 0. The molecule has 4 aliphatic carbocycles. The second-order valence-corrected chi connectivity index (χ2v) is 8.76. The van der Waals surface area contributed by atoms with Crippen LogP contribution in [0.15, 0.2) is 23.3 Å². The molecule has 4 saturated carbocycles. The maximum Gasteiger partial charge on any atom is 0.270 e. The molecule has 0 heterocycles. The summed E-state index contributed by atoms with van der Waals surface area (Å²) in [6, 6.07) is 4.14. The Morgan fingerprint density at radius 1 is 1.27 bits per heavy atom. The Kier molecular flexibility index (Phi) is 4.47. The smallest absolute Gasteiger partial charge is 0.270 e. The molecule has 6 nitrogen and oxygen atoms in total. The van der Waals surface area contributed by atoms with Gasteiger partial charge in [-0.15, -0.1) is 0 Å². The number of nitro benzene ring substituents is 1. The Balaban J connectivity index is 1.38. The number of hydrogen-bond donors (Lipinski definition) is 1. The number of carbonyl (C=O) groups excluding carboxylic acids is 1. The van der Waals surface area contributed by atoms with E-state index in [1.165, 1.54) is 62.9 Å². The zero-order valence-electron chi connectivity index (χ0n) is 14.5. The van der Waals surface area contributed by atoms with Gasteiger partial charge in [-0.05, 0) is 67.8 Å². The maximum atomic E-state index is 12.4. The monoisotopic (exact) mass is 375 g/mol. The predicted octanol–water partition coefficient (Wildman–Crippen LogP) is 4.30. The summed E-state index contributed by atoms with van der Waals surface area (Å²) < 4.78 is 0. The summed E-state index contributed by atoms with van der Waals surface area (Å²) in [5.41, 5.74) is 3.10. The summed E-state index contributed by atoms with van der Waals surface area (Å²) in [6.07, 6.45) is 9.47. The second kappa shape index (κ2) is 6.65. The van der Waals surface area contributed by atoms with Gasteiger partial charge < -0.3 is 0 Å². The third kappa shape index (κ3) is 3.47. The molecule has 5 rings (SSSR count). The first-order chi connectivity index (χ1) is 12.4. The lowest BCUT2D eigenvalue weighted by molar-refractivity contribution is -0.384. The van der Waals surface area contributed by atoms with E-state index in [1.54, 1.807) is 0 Å². The lowest BCUT2D eigenvalue weighted by atomic mass is 9.49. The number of non-ortho nitro benzene ring substituents is 1. The van der Waals surface area contributed by atoms with Gasteiger partial charge in [0.05, 0.1) is 11.1 Å². The van der Waals surface area contributed by atoms with Gasteiger partial charge in [0.2, 0.25) is 5.91 Å². The molecule has 4 fully saturated rings. The highest BCUT2D eigenvalue weighted by molar-refractivity contribution is 6.33. The van der Waals surface area contributed by atoms with Crippen molar-refractivity contribution >= 4 is 29.4 Å². The molecule has 1 amide bonds. The zero-order chi connectivity index (χ0) is 18.3. The van der Waals surface area contributed by atoms with Gasteiger partial charge in [0.25, 0.3) is 5.69 Å². The second-order valence-electron chi connectivity index (χ2n) is 8.35. The average molecular weight is 376 g/mol. The highest BCUT2D eigenvalue weighted by Crippen LogP contribution is 2.61. The van der Waals surface area contributed by atoms with Gasteiger partial charge in [-0.1, -0.05) is 11.6 Å². The first kappa shape index (κ1) is 17.5. The van der Waals surface area contributed by atoms with Crippen LogP contribution in [0.3, 0.4) is 0 Å². The molecule has 0 spiro atoms. The van der Waals surface area contributed by atoms with Crippen LogP contribution in [0.5, 0.6) is 0 Å². The third-order valence-corrected chi connectivity index (χ3v) is 6.63. The molecule has 1 aromatic carbocycles. The zero-order valence-corrected chi connectivity index (χ0v) is 15.2. The summed E-state index contributed by atoms with van der Waals surface area (Å²) in [6.45, 7) is 0. The summed E-state index contributed by atoms with van der Waals surface area (Å²) in [5.74, 6) is 2.34. The van der Waals surface area contributed by atoms with Crippen molar-refractivity contribution in [3.63, 3.8) is 0 Å². The van der Waals surface area contributed by atoms with Gasteiger partial charge in [-0.2, -0.15) is 5.10 Å². The van der Waals surface area contributed by atoms with E-state index in [0.717, 1.165) is 17.8 Å². The number of hydrogen-bond acceptors (Lipinski definition) is 4. The minimum Gasteiger partial charge on any atom is -0.273 e. The summed E-state index contributed by atoms with van der Waals surface area (Å²) >= 11 is 6.03. The van der Waals surface area contributed by atoms with Crippen LogP contribution in [0.2, 0.25) is 5.02 Å². The van der Waals surface area contributed by atoms with Crippen molar-refractivity contribution in [2.45, 2.75) is 44.9 Å². The number of halogens is 1. The van der Waals surface area contributed by atoms with Crippen molar-refractivity contribution in [1.82, 2.24) is 5.43 Å². The Morgan fingerprint density at radius 3 is 2.46 bits per heavy atom. The van der Waals surface area contributed by atoms with Crippen LogP contribution in [0.25, 0.3) is 0 Å². The Bertz CT molecular complexity index is 742. The average Bonchev–Trinajstić information content (AvgIpc) is 2.54. The molecule has 0 radical (unpaired) electrons. The molecule has 7 heteroatoms. The van der Waals surface area contributed by atoms with E-state index in [-0.39, 0.29) is 17.0 Å². The van der Waals surface area contributed by atoms with Gasteiger partial charge in [-0.25, -0.2) is 5.43 Å². The molecule has 1 N–H and O–H groups in total. The van der Waals surface area contributed by atoms with Crippen molar-refractivity contribution in [2.75, 3.05) is 0 Å². The van der Waals surface area contributed by atoms with Crippen LogP contribution >= 0.6 is 11.6 Å². The van der Waals surface area contributed by atoms with E-state index in [1.807, 2.05) is 0 Å². The highest BCUT2D eigenvalue weighted by atomic mass is 35.5. The van der Waals surface area contributed by atoms with Crippen molar-refractivity contribution in [1.29, 1.82) is 0 Å². The lowest BCUT2D eigenvalue weighted by Gasteiger charge is -2.56. The topological polar surface area (TPSA) is 84.6 Å². The quantitative estimate of drug-likeness (QED) is 0.473. The van der Waals surface area contributed by atoms with Gasteiger partial charge in [0.1, 0.15) is 0 Å². The van der Waals surface area contributed by atoms with E-state index < -0.39 is 4.92 Å². The molecule has 4 aliphatic rings. The van der Waals surface area contributed by atoms with Gasteiger partial charge in [0, 0.05) is 29.1 Å². The van der Waals surface area contributed by atoms with Crippen molar-refractivity contribution in [3.8, 4) is 0 Å². The molecule has 0 aromatic heterocycles. The van der Waals surface area contributed by atoms with Crippen LogP contribution in [0.4, 0.5) is 5.69 Å². The largest absolute Gasteiger partial charge is 0.273 e. The fourth-order valence-corrected chi connectivity index (χ4v) is 5.97. The number of carbonyl (C=O) groups is 1. The minimum atomic E-state index is -0.487. The number of nitro groups is 1. The maximum absolute atomic E-state index is 12.4. The molecule has 26 heavy (non-hydrogen) atoms. The van der Waals surface area contributed by atoms with Crippen LogP contribution in [0.1, 0.15) is 50.5 Å². The molecule has 1 aromatic rings. The molecular weight excluding hydrogens is 354 g/mol. The van der Waals surface area contributed by atoms with Crippen molar-refractivity contribution in [2.24, 2.45) is 28.3 Å². The van der Waals surface area contributed by atoms with Crippen molar-refractivity contribution in [3.05, 3.63) is 38.9 Å². The molecule has 4 bridgehead atoms. The summed E-state index contributed by atoms with van der Waals surface area (Å²) in [5, 5.41) is 15.2. The van der Waals surface area contributed by atoms with E-state index >= 15 is 0 Å². The molecule has 0 unspecified atom stereocenters. The predicted molar refractivity (Wildman–Crippen MR) is 99.1 cm³/mol. The number of benzene rings is 1. The third-order valence-electron chi connectivity index (χ3n) is 6.28. The number of nitrogens with one attached hydrogen (secondary N) is 1. The Labute approximate surface area is 157 Å². The molecule has 0 saturated heterocycles. The van der Waals surface area contributed by atoms with Gasteiger partial charge in [-0.3, -0.25) is 14.9 Å². The van der Waals surface area contributed by atoms with E-state index in [2.05, 4.69) is 10.5 Å². The SMILES string of the molecule is O=C(CC12CC3CC(CC(C3)C1)C2)N/N=C\c1cc([N+](=O)[O-])ccc1Cl. The number of nitrogens with zero attached hydrogens (tertiary/aromatic N) is 2. The molecule has 138 valence electrons. The highest BCUT2D eigenvalue weighted by Gasteiger charge is 2.51. The van der Waals surface area contributed by atoms with Crippen molar-refractivity contribution < 1.29 is 9.72 Å². The molecule has 0 aliphatic heterocycles. The summed E-state index contributed by atoms with van der Waals surface area (Å²) in [4.78, 5) is 22.8. The van der Waals surface area contributed by atoms with Crippen LogP contribution in [-0.4, -0.2) is 17.0 Å². The molecule has 0 atom stereocenters. The fourth-order valence-electron chi connectivity index (χ4n) is 5.80.